The number of anilines is 1. The third-order valence-electron chi connectivity index (χ3n) is 3.76. The van der Waals surface area contributed by atoms with Gasteiger partial charge in [0.1, 0.15) is 17.5 Å². The third kappa shape index (κ3) is 4.30. The molecule has 1 saturated heterocycles. The summed E-state index contributed by atoms with van der Waals surface area (Å²) < 4.78 is 0. The van der Waals surface area contributed by atoms with Gasteiger partial charge >= 0.3 is 5.97 Å². The number of rotatable bonds is 4. The highest BCUT2D eigenvalue weighted by atomic mass is 16.4. The van der Waals surface area contributed by atoms with Gasteiger partial charge in [-0.15, -0.1) is 0 Å². The van der Waals surface area contributed by atoms with Crippen LogP contribution in [-0.4, -0.2) is 40.0 Å². The lowest BCUT2D eigenvalue weighted by atomic mass is 9.97. The van der Waals surface area contributed by atoms with Gasteiger partial charge in [0, 0.05) is 25.5 Å². The number of aromatic nitrogens is 1. The lowest BCUT2D eigenvalue weighted by Gasteiger charge is -2.29. The van der Waals surface area contributed by atoms with Crippen molar-refractivity contribution in [2.45, 2.75) is 19.8 Å². The number of pyridine rings is 1. The molecule has 0 unspecified atom stereocenters. The summed E-state index contributed by atoms with van der Waals surface area (Å²) in [6, 6.07) is 5.50. The number of carboxylic acid groups (broad SMARTS) is 1. The van der Waals surface area contributed by atoms with Crippen LogP contribution in [-0.2, 0) is 9.59 Å². The highest BCUT2D eigenvalue weighted by Gasteiger charge is 2.28. The van der Waals surface area contributed by atoms with Crippen molar-refractivity contribution in [3.63, 3.8) is 0 Å². The van der Waals surface area contributed by atoms with Gasteiger partial charge in [0.25, 0.3) is 5.91 Å². The monoisotopic (exact) mass is 314 g/mol. The van der Waals surface area contributed by atoms with Gasteiger partial charge in [0.2, 0.25) is 0 Å². The molecule has 1 aromatic heterocycles. The van der Waals surface area contributed by atoms with E-state index in [0.717, 1.165) is 5.56 Å². The van der Waals surface area contributed by atoms with Crippen molar-refractivity contribution in [3.8, 4) is 6.07 Å². The summed E-state index contributed by atoms with van der Waals surface area (Å²) in [6.45, 7) is 2.60. The molecule has 120 valence electrons. The van der Waals surface area contributed by atoms with E-state index in [1.165, 1.54) is 11.1 Å². The molecule has 1 aromatic rings. The van der Waals surface area contributed by atoms with E-state index in [2.05, 4.69) is 10.3 Å². The molecular formula is C16H18N4O3. The number of carboxylic acids is 1. The smallest absolute Gasteiger partial charge is 0.306 e. The number of hydrogen-bond acceptors (Lipinski definition) is 5. The minimum atomic E-state index is -0.833. The molecule has 1 aliphatic rings. The summed E-state index contributed by atoms with van der Waals surface area (Å²) in [5.74, 6) is -1.10. The lowest BCUT2D eigenvalue weighted by molar-refractivity contribution is -0.145. The quantitative estimate of drug-likeness (QED) is 0.645. The van der Waals surface area contributed by atoms with Crippen LogP contribution in [0.15, 0.2) is 30.1 Å². The zero-order valence-corrected chi connectivity index (χ0v) is 12.8. The fraction of sp³-hybridized carbons (Fsp3) is 0.375. The predicted molar refractivity (Wildman–Crippen MR) is 83.2 cm³/mol. The number of nitrogens with zero attached hydrogens (tertiary/aromatic N) is 3. The Bertz CT molecular complexity index is 653. The molecule has 2 N–H and O–H groups in total. The van der Waals surface area contributed by atoms with Crippen molar-refractivity contribution in [3.05, 3.63) is 35.7 Å². The predicted octanol–water partition coefficient (Wildman–Crippen LogP) is 1.53. The van der Waals surface area contributed by atoms with Crippen molar-refractivity contribution in [2.75, 3.05) is 18.4 Å². The van der Waals surface area contributed by atoms with Gasteiger partial charge in [0.15, 0.2) is 0 Å². The van der Waals surface area contributed by atoms with Crippen LogP contribution >= 0.6 is 0 Å². The number of amides is 1. The molecule has 0 atom stereocenters. The number of aryl methyl sites for hydroxylation is 1. The van der Waals surface area contributed by atoms with Gasteiger partial charge in [-0.1, -0.05) is 6.07 Å². The molecule has 0 radical (unpaired) electrons. The molecular weight excluding hydrogens is 296 g/mol. The fourth-order valence-electron chi connectivity index (χ4n) is 2.34. The van der Waals surface area contributed by atoms with Crippen LogP contribution in [0.4, 0.5) is 5.82 Å². The zero-order valence-electron chi connectivity index (χ0n) is 12.8. The second kappa shape index (κ2) is 7.40. The average Bonchev–Trinajstić information content (AvgIpc) is 2.57. The average molecular weight is 314 g/mol. The molecule has 7 heteroatoms. The third-order valence-corrected chi connectivity index (χ3v) is 3.76. The summed E-state index contributed by atoms with van der Waals surface area (Å²) in [5.41, 5.74) is 0.985. The number of piperidine rings is 1. The number of hydrogen-bond donors (Lipinski definition) is 2. The molecule has 2 heterocycles. The first-order valence-electron chi connectivity index (χ1n) is 7.33. The van der Waals surface area contributed by atoms with E-state index in [9.17, 15) is 9.59 Å². The maximum absolute atomic E-state index is 12.3. The van der Waals surface area contributed by atoms with Crippen molar-refractivity contribution < 1.29 is 14.7 Å². The van der Waals surface area contributed by atoms with Crippen molar-refractivity contribution in [1.82, 2.24) is 9.88 Å². The summed E-state index contributed by atoms with van der Waals surface area (Å²) >= 11 is 0. The molecule has 1 aliphatic heterocycles. The Morgan fingerprint density at radius 2 is 2.13 bits per heavy atom. The first-order valence-corrected chi connectivity index (χ1v) is 7.33. The highest BCUT2D eigenvalue weighted by molar-refractivity contribution is 5.97. The number of likely N-dealkylation sites (tertiary alicyclic amines) is 1. The molecule has 0 spiro atoms. The summed E-state index contributed by atoms with van der Waals surface area (Å²) in [7, 11) is 0. The second-order valence-corrected chi connectivity index (χ2v) is 5.44. The number of nitriles is 1. The van der Waals surface area contributed by atoms with Gasteiger partial charge in [-0.05, 0) is 31.4 Å². The SMILES string of the molecule is Cc1ccc(N/C=C(/C#N)C(=O)N2CCC(C(=O)O)CC2)nc1. The molecule has 0 aliphatic carbocycles. The van der Waals surface area contributed by atoms with Crippen molar-refractivity contribution >= 4 is 17.7 Å². The number of carbonyl (C=O) groups is 2. The van der Waals surface area contributed by atoms with Crippen molar-refractivity contribution in [1.29, 1.82) is 5.26 Å². The van der Waals surface area contributed by atoms with Gasteiger partial charge in [-0.25, -0.2) is 4.98 Å². The Hall–Kier alpha value is -2.88. The van der Waals surface area contributed by atoms with Gasteiger partial charge in [-0.2, -0.15) is 5.26 Å². The molecule has 0 aromatic carbocycles. The van der Waals surface area contributed by atoms with Crippen molar-refractivity contribution in [2.24, 2.45) is 5.92 Å². The van der Waals surface area contributed by atoms with E-state index in [4.69, 9.17) is 10.4 Å². The van der Waals surface area contributed by atoms with E-state index in [0.29, 0.717) is 31.7 Å². The van der Waals surface area contributed by atoms with E-state index in [-0.39, 0.29) is 5.57 Å². The van der Waals surface area contributed by atoms with Crippen LogP contribution in [0.25, 0.3) is 0 Å². The van der Waals surface area contributed by atoms with Gasteiger partial charge < -0.3 is 15.3 Å². The Balaban J connectivity index is 1.99. The molecule has 1 amide bonds. The van der Waals surface area contributed by atoms with E-state index < -0.39 is 17.8 Å². The molecule has 2 rings (SSSR count). The van der Waals surface area contributed by atoms with Crippen LogP contribution in [0.2, 0.25) is 0 Å². The van der Waals surface area contributed by atoms with E-state index in [1.54, 1.807) is 12.3 Å². The van der Waals surface area contributed by atoms with Crippen LogP contribution < -0.4 is 5.32 Å². The standard InChI is InChI=1S/C16H18N4O3/c1-11-2-3-14(18-9-11)19-10-13(8-17)15(21)20-6-4-12(5-7-20)16(22)23/h2-3,9-10,12H,4-7H2,1H3,(H,18,19)(H,22,23)/b13-10-. The molecule has 7 nitrogen and oxygen atoms in total. The first kappa shape index (κ1) is 16.5. The topological polar surface area (TPSA) is 106 Å². The Kier molecular flexibility index (Phi) is 5.31. The van der Waals surface area contributed by atoms with Crippen LogP contribution in [0.5, 0.6) is 0 Å². The zero-order chi connectivity index (χ0) is 16.8. The molecule has 23 heavy (non-hydrogen) atoms. The van der Waals surface area contributed by atoms with Crippen LogP contribution in [0.1, 0.15) is 18.4 Å². The molecule has 0 bridgehead atoms. The van der Waals surface area contributed by atoms with E-state index in [1.807, 2.05) is 19.1 Å². The van der Waals surface area contributed by atoms with Crippen LogP contribution in [0, 0.1) is 24.2 Å². The maximum atomic E-state index is 12.3. The largest absolute Gasteiger partial charge is 0.481 e. The van der Waals surface area contributed by atoms with Gasteiger partial charge in [0.05, 0.1) is 5.92 Å². The Morgan fingerprint density at radius 3 is 2.65 bits per heavy atom. The second-order valence-electron chi connectivity index (χ2n) is 5.44. The molecule has 0 saturated carbocycles. The Labute approximate surface area is 134 Å². The van der Waals surface area contributed by atoms with E-state index >= 15 is 0 Å². The first-order chi connectivity index (χ1) is 11.0. The minimum Gasteiger partial charge on any atom is -0.481 e. The normalized spacial score (nSPS) is 15.8. The maximum Gasteiger partial charge on any atom is 0.306 e. The fourth-order valence-corrected chi connectivity index (χ4v) is 2.34. The lowest BCUT2D eigenvalue weighted by Crippen LogP contribution is -2.40. The Morgan fingerprint density at radius 1 is 1.43 bits per heavy atom. The summed E-state index contributed by atoms with van der Waals surface area (Å²) in [5, 5.41) is 21.0. The van der Waals surface area contributed by atoms with Gasteiger partial charge in [-0.3, -0.25) is 9.59 Å². The minimum absolute atomic E-state index is 0.0267. The number of nitrogens with one attached hydrogen (secondary N) is 1. The van der Waals surface area contributed by atoms with Crippen LogP contribution in [0.3, 0.4) is 0 Å². The summed E-state index contributed by atoms with van der Waals surface area (Å²) in [6.07, 6.45) is 3.84. The summed E-state index contributed by atoms with van der Waals surface area (Å²) in [4.78, 5) is 28.9. The highest BCUT2D eigenvalue weighted by Crippen LogP contribution is 2.18. The molecule has 1 fully saturated rings. The number of carbonyl (C=O) groups excluding carboxylic acids is 1. The number of aliphatic carboxylic acids is 1.